The van der Waals surface area contributed by atoms with Crippen LogP contribution in [0, 0.1) is 0 Å². The maximum atomic E-state index is 5.62. The van der Waals surface area contributed by atoms with E-state index in [0.717, 1.165) is 12.4 Å². The zero-order valence-electron chi connectivity index (χ0n) is 9.19. The lowest BCUT2D eigenvalue weighted by molar-refractivity contribution is 0.202. The van der Waals surface area contributed by atoms with Gasteiger partial charge in [-0.3, -0.25) is 0 Å². The van der Waals surface area contributed by atoms with Crippen LogP contribution in [0.4, 0.5) is 0 Å². The zero-order chi connectivity index (χ0) is 10.7. The first-order chi connectivity index (χ1) is 7.22. The molecule has 1 unspecified atom stereocenters. The predicted molar refractivity (Wildman–Crippen MR) is 61.0 cm³/mol. The molecular formula is C13H16O2. The second-order valence-corrected chi connectivity index (χ2v) is 4.10. The minimum absolute atomic E-state index is 0.0397. The summed E-state index contributed by atoms with van der Waals surface area (Å²) >= 11 is 0. The Morgan fingerprint density at radius 2 is 2.07 bits per heavy atom. The van der Waals surface area contributed by atoms with Crippen molar-refractivity contribution in [3.63, 3.8) is 0 Å². The summed E-state index contributed by atoms with van der Waals surface area (Å²) in [5, 5.41) is 0. The highest BCUT2D eigenvalue weighted by Gasteiger charge is 2.40. The summed E-state index contributed by atoms with van der Waals surface area (Å²) in [7, 11) is 0. The van der Waals surface area contributed by atoms with Gasteiger partial charge in [-0.05, 0) is 31.5 Å². The first kappa shape index (κ1) is 10.2. The molecule has 1 fully saturated rings. The van der Waals surface area contributed by atoms with Crippen LogP contribution < -0.4 is 4.74 Å². The average molecular weight is 204 g/mol. The fourth-order valence-corrected chi connectivity index (χ4v) is 1.31. The molecule has 0 saturated carbocycles. The van der Waals surface area contributed by atoms with E-state index in [-0.39, 0.29) is 5.60 Å². The van der Waals surface area contributed by atoms with E-state index in [0.29, 0.717) is 6.61 Å². The van der Waals surface area contributed by atoms with E-state index in [1.165, 1.54) is 5.56 Å². The van der Waals surface area contributed by atoms with E-state index in [4.69, 9.17) is 9.47 Å². The van der Waals surface area contributed by atoms with Gasteiger partial charge in [-0.25, -0.2) is 0 Å². The van der Waals surface area contributed by atoms with Gasteiger partial charge in [-0.1, -0.05) is 24.3 Å². The summed E-state index contributed by atoms with van der Waals surface area (Å²) in [6.45, 7) is 5.51. The Morgan fingerprint density at radius 3 is 2.60 bits per heavy atom. The van der Waals surface area contributed by atoms with Gasteiger partial charge in [-0.2, -0.15) is 0 Å². The van der Waals surface area contributed by atoms with Gasteiger partial charge in [0.1, 0.15) is 18.0 Å². The monoisotopic (exact) mass is 204 g/mol. The number of epoxide rings is 1. The number of rotatable bonds is 4. The van der Waals surface area contributed by atoms with Crippen LogP contribution in [-0.2, 0) is 4.74 Å². The molecule has 2 nitrogen and oxygen atoms in total. The first-order valence-electron chi connectivity index (χ1n) is 5.21. The number of benzene rings is 1. The average Bonchev–Trinajstić information content (AvgIpc) is 2.97. The highest BCUT2D eigenvalue weighted by Crippen LogP contribution is 2.26. The van der Waals surface area contributed by atoms with Crippen LogP contribution in [0.2, 0.25) is 0 Å². The molecule has 15 heavy (non-hydrogen) atoms. The first-order valence-corrected chi connectivity index (χ1v) is 5.21. The Labute approximate surface area is 90.5 Å². The summed E-state index contributed by atoms with van der Waals surface area (Å²) in [6, 6.07) is 8.07. The van der Waals surface area contributed by atoms with Crippen molar-refractivity contribution in [3.8, 4) is 5.75 Å². The van der Waals surface area contributed by atoms with Crippen LogP contribution in [0.25, 0.3) is 6.08 Å². The van der Waals surface area contributed by atoms with Gasteiger partial charge in [0.25, 0.3) is 0 Å². The van der Waals surface area contributed by atoms with Crippen LogP contribution in [-0.4, -0.2) is 18.8 Å². The van der Waals surface area contributed by atoms with Crippen molar-refractivity contribution >= 4 is 6.08 Å². The van der Waals surface area contributed by atoms with E-state index in [1.807, 2.05) is 37.3 Å². The Hall–Kier alpha value is -1.28. The summed E-state index contributed by atoms with van der Waals surface area (Å²) in [5.74, 6) is 0.903. The lowest BCUT2D eigenvalue weighted by Crippen LogP contribution is -2.16. The van der Waals surface area contributed by atoms with Gasteiger partial charge in [0.15, 0.2) is 0 Å². The van der Waals surface area contributed by atoms with Gasteiger partial charge < -0.3 is 9.47 Å². The lowest BCUT2D eigenvalue weighted by Gasteiger charge is -2.08. The van der Waals surface area contributed by atoms with E-state index >= 15 is 0 Å². The largest absolute Gasteiger partial charge is 0.491 e. The third kappa shape index (κ3) is 2.83. The van der Waals surface area contributed by atoms with Crippen LogP contribution in [0.1, 0.15) is 19.4 Å². The molecule has 0 N–H and O–H groups in total. The highest BCUT2D eigenvalue weighted by atomic mass is 16.6. The maximum absolute atomic E-state index is 5.62. The zero-order valence-corrected chi connectivity index (χ0v) is 9.19. The number of ether oxygens (including phenoxy) is 2. The number of hydrogen-bond acceptors (Lipinski definition) is 2. The molecule has 2 rings (SSSR count). The third-order valence-electron chi connectivity index (χ3n) is 2.42. The predicted octanol–water partition coefficient (Wildman–Crippen LogP) is 2.89. The second kappa shape index (κ2) is 4.07. The molecule has 1 aromatic carbocycles. The van der Waals surface area contributed by atoms with Gasteiger partial charge in [0.2, 0.25) is 0 Å². The minimum Gasteiger partial charge on any atom is -0.491 e. The van der Waals surface area contributed by atoms with Crippen LogP contribution in [0.15, 0.2) is 30.3 Å². The Balaban J connectivity index is 1.92. The van der Waals surface area contributed by atoms with E-state index < -0.39 is 0 Å². The van der Waals surface area contributed by atoms with Gasteiger partial charge in [0.05, 0.1) is 6.61 Å². The minimum atomic E-state index is -0.0397. The van der Waals surface area contributed by atoms with Crippen LogP contribution in [0.5, 0.6) is 5.75 Å². The molecule has 1 atom stereocenters. The molecule has 1 aliphatic rings. The molecule has 2 heteroatoms. The van der Waals surface area contributed by atoms with Crippen molar-refractivity contribution in [1.82, 2.24) is 0 Å². The molecule has 0 bridgehead atoms. The molecule has 0 aromatic heterocycles. The summed E-state index contributed by atoms with van der Waals surface area (Å²) in [5.41, 5.74) is 1.15. The molecule has 1 heterocycles. The summed E-state index contributed by atoms with van der Waals surface area (Å²) in [4.78, 5) is 0. The van der Waals surface area contributed by atoms with Crippen LogP contribution in [0.3, 0.4) is 0 Å². The molecule has 0 spiro atoms. The number of allylic oxidation sites excluding steroid dienone is 1. The van der Waals surface area contributed by atoms with E-state index in [1.54, 1.807) is 0 Å². The quantitative estimate of drug-likeness (QED) is 0.703. The summed E-state index contributed by atoms with van der Waals surface area (Å²) in [6.07, 6.45) is 4.09. The maximum Gasteiger partial charge on any atom is 0.123 e. The third-order valence-corrected chi connectivity index (χ3v) is 2.42. The molecule has 0 aliphatic carbocycles. The van der Waals surface area contributed by atoms with Crippen molar-refractivity contribution in [2.45, 2.75) is 19.4 Å². The second-order valence-electron chi connectivity index (χ2n) is 4.10. The van der Waals surface area contributed by atoms with Crippen molar-refractivity contribution < 1.29 is 9.47 Å². The SMILES string of the molecule is C/C=C/c1ccc(OCC2(C)CO2)cc1. The summed E-state index contributed by atoms with van der Waals surface area (Å²) < 4.78 is 10.9. The van der Waals surface area contributed by atoms with Crippen molar-refractivity contribution in [2.24, 2.45) is 0 Å². The van der Waals surface area contributed by atoms with Crippen molar-refractivity contribution in [2.75, 3.05) is 13.2 Å². The number of hydrogen-bond donors (Lipinski definition) is 0. The molecule has 0 amide bonds. The van der Waals surface area contributed by atoms with Gasteiger partial charge in [0, 0.05) is 0 Å². The molecule has 1 aromatic rings. The van der Waals surface area contributed by atoms with Gasteiger partial charge in [-0.15, -0.1) is 0 Å². The molecule has 1 saturated heterocycles. The lowest BCUT2D eigenvalue weighted by atomic mass is 10.2. The van der Waals surface area contributed by atoms with Crippen molar-refractivity contribution in [3.05, 3.63) is 35.9 Å². The fourth-order valence-electron chi connectivity index (χ4n) is 1.31. The normalized spacial score (nSPS) is 24.4. The fraction of sp³-hybridized carbons (Fsp3) is 0.385. The highest BCUT2D eigenvalue weighted by molar-refractivity contribution is 5.50. The van der Waals surface area contributed by atoms with E-state index in [9.17, 15) is 0 Å². The van der Waals surface area contributed by atoms with E-state index in [2.05, 4.69) is 13.0 Å². The Kier molecular flexibility index (Phi) is 2.78. The molecule has 0 radical (unpaired) electrons. The van der Waals surface area contributed by atoms with Gasteiger partial charge >= 0.3 is 0 Å². The molecule has 80 valence electrons. The van der Waals surface area contributed by atoms with Crippen LogP contribution >= 0.6 is 0 Å². The molecular weight excluding hydrogens is 188 g/mol. The van der Waals surface area contributed by atoms with Crippen molar-refractivity contribution in [1.29, 1.82) is 0 Å². The molecule has 1 aliphatic heterocycles. The smallest absolute Gasteiger partial charge is 0.123 e. The standard InChI is InChI=1S/C13H16O2/c1-3-4-11-5-7-12(8-6-11)14-9-13(2)10-15-13/h3-8H,9-10H2,1-2H3/b4-3+. The Bertz CT molecular complexity index is 347. The topological polar surface area (TPSA) is 21.8 Å². The Morgan fingerprint density at radius 1 is 1.40 bits per heavy atom.